The first-order valence-electron chi connectivity index (χ1n) is 32.4. The third-order valence-electron chi connectivity index (χ3n) is 19.5. The molecule has 101 heavy (non-hydrogen) atoms. The molecule has 8 saturated heterocycles. The summed E-state index contributed by atoms with van der Waals surface area (Å²) in [7, 11) is 1.12. The van der Waals surface area contributed by atoms with Crippen molar-refractivity contribution in [1.29, 1.82) is 0 Å². The van der Waals surface area contributed by atoms with E-state index in [0.717, 1.165) is 7.11 Å². The van der Waals surface area contributed by atoms with Gasteiger partial charge in [0, 0.05) is 19.6 Å². The van der Waals surface area contributed by atoms with Crippen LogP contribution in [0.25, 0.3) is 0 Å². The molecule has 1 aliphatic carbocycles. The summed E-state index contributed by atoms with van der Waals surface area (Å²) >= 11 is 0. The predicted octanol–water partition coefficient (Wildman–Crippen LogP) is -19.3. The summed E-state index contributed by atoms with van der Waals surface area (Å²) < 4.78 is 96.3. The second-order valence-corrected chi connectivity index (χ2v) is 26.0. The Labute approximate surface area is 571 Å². The monoisotopic (exact) mass is 1490 g/mol. The van der Waals surface area contributed by atoms with Gasteiger partial charge in [0.25, 0.3) is 0 Å². The van der Waals surface area contributed by atoms with Gasteiger partial charge in [-0.1, -0.05) is 0 Å². The summed E-state index contributed by atoms with van der Waals surface area (Å²) in [5, 5.41) is 304. The molecule has 0 bridgehead atoms. The van der Waals surface area contributed by atoms with Crippen molar-refractivity contribution in [2.45, 2.75) is 276 Å². The van der Waals surface area contributed by atoms with Gasteiger partial charge in [0.15, 0.2) is 50.3 Å². The predicted molar refractivity (Wildman–Crippen MR) is 305 cm³/mol. The molecule has 2 unspecified atom stereocenters. The standard InChI is InChI=1S/C56H96O45/c1-85-49-35(77)29(71)25(67)20(94-49)10-87-50-38(80)31(73)44(17(7-61)91-50)99-55-41(83)34(76)47(100-54-40(82)33(75)46(19(9-63)93-54)98-53-39(81)32(74)45(18(8-62)92-53)97-51-36(78)27(69)23(65)14(4-58)88-51)21(95-55)11-86-13-2-12(3-57)43(30(72)22(13)64)96-56-42(84)48(26(68)16(6-60)90-56)101-52-37(79)28(70)24(66)15(5-59)89-52/h12-84H,2-11H2,1H3/t12-,13+,14-,15+,16-,17-,18-,19-,20?,21-,22+,23-,24+,25-,26-,27+,28-,29+,30-,31-,32-,33-,34-,35-,36-,37+,38-,39-,40-,41-,42-,43-,44?,45-,46-,47-,48+,49-,50+,51-,52+,53-,54-,55+,56-/m1/s1. The molecule has 45 nitrogen and oxygen atoms in total. The van der Waals surface area contributed by atoms with Crippen LogP contribution in [0.2, 0.25) is 0 Å². The van der Waals surface area contributed by atoms with Gasteiger partial charge in [-0.05, 0) is 6.42 Å². The van der Waals surface area contributed by atoms with Crippen LogP contribution in [0.1, 0.15) is 6.42 Å². The van der Waals surface area contributed by atoms with Crippen LogP contribution in [0.4, 0.5) is 0 Å². The molecule has 45 heteroatoms. The first-order valence-corrected chi connectivity index (χ1v) is 32.4. The van der Waals surface area contributed by atoms with Crippen molar-refractivity contribution in [2.75, 3.05) is 66.6 Å². The van der Waals surface area contributed by atoms with E-state index < -0.39 is 342 Å². The lowest BCUT2D eigenvalue weighted by atomic mass is 9.80. The van der Waals surface area contributed by atoms with Gasteiger partial charge < -0.3 is 224 Å². The van der Waals surface area contributed by atoms with Crippen LogP contribution in [-0.2, 0) is 80.5 Å². The molecule has 590 valence electrons. The van der Waals surface area contributed by atoms with Crippen LogP contribution in [0.5, 0.6) is 0 Å². The summed E-state index contributed by atoms with van der Waals surface area (Å²) in [5.74, 6) is -1.34. The van der Waals surface area contributed by atoms with E-state index in [4.69, 9.17) is 80.5 Å². The summed E-state index contributed by atoms with van der Waals surface area (Å²) in [6, 6.07) is 0. The third kappa shape index (κ3) is 17.5. The molecular formula is C56H96O45. The average Bonchev–Trinajstić information content (AvgIpc) is 0.779. The Hall–Kier alpha value is -1.80. The Morgan fingerprint density at radius 3 is 0.901 bits per heavy atom. The Bertz CT molecular complexity index is 2460. The maximum absolute atomic E-state index is 12.0. The van der Waals surface area contributed by atoms with E-state index in [1.165, 1.54) is 0 Å². The number of methoxy groups -OCH3 is 1. The van der Waals surface area contributed by atoms with Crippen LogP contribution < -0.4 is 0 Å². The highest BCUT2D eigenvalue weighted by Crippen LogP contribution is 2.40. The molecule has 9 aliphatic rings. The Balaban J connectivity index is 0.912. The maximum Gasteiger partial charge on any atom is 0.187 e. The van der Waals surface area contributed by atoms with Crippen molar-refractivity contribution in [3.8, 4) is 0 Å². The molecule has 0 aromatic carbocycles. The lowest BCUT2D eigenvalue weighted by Crippen LogP contribution is -2.68. The molecule has 45 atom stereocenters. The van der Waals surface area contributed by atoms with Gasteiger partial charge in [-0.15, -0.1) is 0 Å². The summed E-state index contributed by atoms with van der Waals surface area (Å²) in [5.41, 5.74) is 0. The number of hydrogen-bond donors (Lipinski definition) is 28. The zero-order chi connectivity index (χ0) is 74.1. The van der Waals surface area contributed by atoms with Crippen molar-refractivity contribution < 1.29 is 224 Å². The highest BCUT2D eigenvalue weighted by Gasteiger charge is 2.60. The van der Waals surface area contributed by atoms with E-state index in [-0.39, 0.29) is 0 Å². The lowest BCUT2D eigenvalue weighted by Gasteiger charge is -2.50. The van der Waals surface area contributed by atoms with E-state index in [9.17, 15) is 143 Å². The lowest BCUT2D eigenvalue weighted by molar-refractivity contribution is -0.394. The normalized spacial score (nSPS) is 53.3. The highest BCUT2D eigenvalue weighted by molar-refractivity contribution is 5.03. The average molecular weight is 1490 g/mol. The van der Waals surface area contributed by atoms with Crippen LogP contribution in [0, 0.1) is 5.92 Å². The molecule has 8 heterocycles. The molecule has 9 fully saturated rings. The zero-order valence-electron chi connectivity index (χ0n) is 53.5. The maximum atomic E-state index is 12.0. The van der Waals surface area contributed by atoms with Gasteiger partial charge in [0.05, 0.1) is 65.1 Å². The Morgan fingerprint density at radius 1 is 0.228 bits per heavy atom. The quantitative estimate of drug-likeness (QED) is 0.0382. The topological polar surface area (TPSA) is 723 Å². The minimum atomic E-state index is -2.38. The number of aliphatic hydroxyl groups excluding tert-OH is 28. The molecule has 0 spiro atoms. The minimum Gasteiger partial charge on any atom is -0.396 e. The van der Waals surface area contributed by atoms with Gasteiger partial charge in [0.1, 0.15) is 208 Å². The molecule has 0 aromatic heterocycles. The van der Waals surface area contributed by atoms with E-state index in [0.29, 0.717) is 0 Å². The second-order valence-electron chi connectivity index (χ2n) is 26.0. The number of rotatable bonds is 26. The third-order valence-corrected chi connectivity index (χ3v) is 19.5. The van der Waals surface area contributed by atoms with Crippen LogP contribution in [0.15, 0.2) is 0 Å². The molecule has 28 N–H and O–H groups in total. The molecule has 9 rings (SSSR count). The molecule has 8 aliphatic heterocycles. The molecule has 0 radical (unpaired) electrons. The second kappa shape index (κ2) is 36.2. The number of aliphatic hydroxyl groups is 28. The van der Waals surface area contributed by atoms with Crippen LogP contribution >= 0.6 is 0 Å². The Kier molecular flexibility index (Phi) is 29.8. The van der Waals surface area contributed by atoms with Gasteiger partial charge in [-0.25, -0.2) is 0 Å². The SMILES string of the molecule is CO[C@@H]1OC(CO[C@H]2O[C@H](CO)C(O[C@@H]3O[C@H](CO[C@H]4C[C@H](CO)[C@@H](O[C@H]5O[C@H](CO)[C@@H](O)[C@H](O[C@@H]6O[C@@H](CO)[C@H](O)[C@@H](O)[C@@H]6O)[C@H]5O)[C@H](O)[C@H]4O)[C@@H](O[C@H]4O[C@H](CO)[C@@H](O[C@H]5O[C@H](CO)[C@@H](O[C@H]6O[C@H](CO)[C@@H](O)[C@H](O)[C@H]6O)[C@H](O)[C@H]5O)[C@H](O)[C@H]4O)[C@H](O)[C@H]3O)[C@H](O)[C@H]2O)[C@@H](O)[C@H](O)[C@H]1O. The van der Waals surface area contributed by atoms with E-state index in [1.54, 1.807) is 0 Å². The van der Waals surface area contributed by atoms with Gasteiger partial charge in [0.2, 0.25) is 0 Å². The van der Waals surface area contributed by atoms with Crippen molar-refractivity contribution in [3.05, 3.63) is 0 Å². The van der Waals surface area contributed by atoms with Crippen LogP contribution in [0.3, 0.4) is 0 Å². The van der Waals surface area contributed by atoms with Gasteiger partial charge >= 0.3 is 0 Å². The van der Waals surface area contributed by atoms with Gasteiger partial charge in [-0.3, -0.25) is 0 Å². The van der Waals surface area contributed by atoms with Gasteiger partial charge in [-0.2, -0.15) is 0 Å². The molecule has 0 aromatic rings. The fourth-order valence-electron chi connectivity index (χ4n) is 13.4. The fraction of sp³-hybridized carbons (Fsp3) is 1.00. The summed E-state index contributed by atoms with van der Waals surface area (Å²) in [6.45, 7) is -8.67. The summed E-state index contributed by atoms with van der Waals surface area (Å²) in [6.07, 6.45) is -86.6. The van der Waals surface area contributed by atoms with E-state index in [1.807, 2.05) is 0 Å². The highest BCUT2D eigenvalue weighted by atomic mass is 16.8. The first-order chi connectivity index (χ1) is 47.9. The summed E-state index contributed by atoms with van der Waals surface area (Å²) in [4.78, 5) is 0. The minimum absolute atomic E-state index is 0.522. The number of hydrogen-bond acceptors (Lipinski definition) is 45. The number of ether oxygens (including phenoxy) is 17. The zero-order valence-corrected chi connectivity index (χ0v) is 53.5. The smallest absolute Gasteiger partial charge is 0.187 e. The molecule has 0 amide bonds. The van der Waals surface area contributed by atoms with E-state index >= 15 is 0 Å². The Morgan fingerprint density at radius 2 is 0.505 bits per heavy atom. The molecular weight excluding hydrogens is 1390 g/mol. The largest absolute Gasteiger partial charge is 0.396 e. The van der Waals surface area contributed by atoms with E-state index in [2.05, 4.69) is 0 Å². The fourth-order valence-corrected chi connectivity index (χ4v) is 13.4. The van der Waals surface area contributed by atoms with Crippen molar-refractivity contribution in [3.63, 3.8) is 0 Å². The van der Waals surface area contributed by atoms with Crippen molar-refractivity contribution in [1.82, 2.24) is 0 Å². The van der Waals surface area contributed by atoms with Crippen molar-refractivity contribution in [2.24, 2.45) is 5.92 Å². The first kappa shape index (κ1) is 83.2. The van der Waals surface area contributed by atoms with Crippen LogP contribution in [-0.4, -0.2) is 480 Å². The van der Waals surface area contributed by atoms with Crippen molar-refractivity contribution >= 4 is 0 Å². The molecule has 1 saturated carbocycles.